The Morgan fingerprint density at radius 2 is 1.91 bits per heavy atom. The summed E-state index contributed by atoms with van der Waals surface area (Å²) >= 11 is 0. The molecule has 1 atom stereocenters. The Kier molecular flexibility index (Phi) is 4.28. The van der Waals surface area contributed by atoms with Crippen molar-refractivity contribution in [2.24, 2.45) is 0 Å². The van der Waals surface area contributed by atoms with E-state index in [1.165, 1.54) is 0 Å². The van der Waals surface area contributed by atoms with Crippen LogP contribution < -0.4 is 5.32 Å². The van der Waals surface area contributed by atoms with Crippen LogP contribution in [-0.4, -0.2) is 17.2 Å². The minimum atomic E-state index is -0.936. The monoisotopic (exact) mass is 311 g/mol. The molecule has 2 aromatic rings. The summed E-state index contributed by atoms with van der Waals surface area (Å²) in [6.45, 7) is 0.210. The van der Waals surface area contributed by atoms with E-state index in [2.05, 4.69) is 5.32 Å². The van der Waals surface area contributed by atoms with Crippen molar-refractivity contribution in [3.05, 3.63) is 70.8 Å². The zero-order valence-corrected chi connectivity index (χ0v) is 12.5. The van der Waals surface area contributed by atoms with Crippen molar-refractivity contribution in [2.75, 3.05) is 0 Å². The summed E-state index contributed by atoms with van der Waals surface area (Å²) in [7, 11) is 0. The number of rotatable bonds is 4. The Morgan fingerprint density at radius 1 is 1.13 bits per heavy atom. The first-order valence-electron chi connectivity index (χ1n) is 7.47. The maximum atomic E-state index is 12.0. The Hall–Kier alpha value is -2.82. The fraction of sp³-hybridized carbons (Fsp3) is 0.222. The first kappa shape index (κ1) is 15.1. The number of carbonyl (C=O) groups is 2. The normalized spacial score (nSPS) is 15.7. The highest BCUT2D eigenvalue weighted by atomic mass is 16.5. The summed E-state index contributed by atoms with van der Waals surface area (Å²) in [6, 6.07) is 14.4. The molecule has 5 nitrogen and oxygen atoms in total. The minimum Gasteiger partial charge on any atom is -0.478 e. The number of hydrogen-bond acceptors (Lipinski definition) is 3. The molecule has 0 aliphatic heterocycles. The zero-order chi connectivity index (χ0) is 16.2. The molecule has 0 saturated heterocycles. The summed E-state index contributed by atoms with van der Waals surface area (Å²) in [5.74, 6) is -0.936. The predicted molar refractivity (Wildman–Crippen MR) is 84.2 cm³/mol. The van der Waals surface area contributed by atoms with Crippen LogP contribution in [0.2, 0.25) is 0 Å². The van der Waals surface area contributed by atoms with Crippen LogP contribution in [0.3, 0.4) is 0 Å². The second-order valence-electron chi connectivity index (χ2n) is 5.48. The van der Waals surface area contributed by atoms with E-state index < -0.39 is 12.1 Å². The summed E-state index contributed by atoms with van der Waals surface area (Å²) in [6.07, 6.45) is 0.828. The van der Waals surface area contributed by atoms with Crippen LogP contribution in [0.1, 0.15) is 39.5 Å². The van der Waals surface area contributed by atoms with E-state index in [9.17, 15) is 14.7 Å². The quantitative estimate of drug-likeness (QED) is 0.908. The fourth-order valence-electron chi connectivity index (χ4n) is 2.91. The Labute approximate surface area is 133 Å². The summed E-state index contributed by atoms with van der Waals surface area (Å²) in [4.78, 5) is 23.2. The number of nitrogens with one attached hydrogen (secondary N) is 1. The molecule has 3 rings (SSSR count). The lowest BCUT2D eigenvalue weighted by atomic mass is 10.0. The van der Waals surface area contributed by atoms with Crippen molar-refractivity contribution in [1.82, 2.24) is 5.32 Å². The fourth-order valence-corrected chi connectivity index (χ4v) is 2.91. The van der Waals surface area contributed by atoms with Crippen molar-refractivity contribution in [1.29, 1.82) is 0 Å². The van der Waals surface area contributed by atoms with Gasteiger partial charge in [0, 0.05) is 0 Å². The van der Waals surface area contributed by atoms with Gasteiger partial charge in [-0.25, -0.2) is 9.59 Å². The molecule has 5 heteroatoms. The third kappa shape index (κ3) is 3.34. The van der Waals surface area contributed by atoms with Crippen molar-refractivity contribution < 1.29 is 19.4 Å². The van der Waals surface area contributed by atoms with E-state index in [0.717, 1.165) is 16.7 Å². The molecule has 1 aliphatic rings. The van der Waals surface area contributed by atoms with Gasteiger partial charge in [-0.05, 0) is 35.6 Å². The molecule has 0 spiro atoms. The lowest BCUT2D eigenvalue weighted by Gasteiger charge is -2.14. The topological polar surface area (TPSA) is 75.6 Å². The van der Waals surface area contributed by atoms with Crippen molar-refractivity contribution in [2.45, 2.75) is 25.5 Å². The molecular formula is C18H17NO4. The van der Waals surface area contributed by atoms with E-state index in [1.54, 1.807) is 12.1 Å². The number of carbonyl (C=O) groups excluding carboxylic acids is 1. The number of benzene rings is 2. The number of fused-ring (bicyclic) bond motifs is 1. The average Bonchev–Trinajstić information content (AvgIpc) is 2.97. The molecule has 0 radical (unpaired) electrons. The zero-order valence-electron chi connectivity index (χ0n) is 12.5. The molecule has 0 heterocycles. The molecule has 0 saturated carbocycles. The van der Waals surface area contributed by atoms with Gasteiger partial charge in [-0.15, -0.1) is 0 Å². The largest absolute Gasteiger partial charge is 0.478 e. The van der Waals surface area contributed by atoms with Crippen molar-refractivity contribution in [3.63, 3.8) is 0 Å². The summed E-state index contributed by atoms with van der Waals surface area (Å²) in [5.41, 5.74) is 2.89. The number of alkyl carbamates (subject to hydrolysis) is 1. The molecule has 2 aromatic carbocycles. The van der Waals surface area contributed by atoms with E-state index >= 15 is 0 Å². The van der Waals surface area contributed by atoms with Crippen LogP contribution >= 0.6 is 0 Å². The van der Waals surface area contributed by atoms with Crippen LogP contribution in [-0.2, 0) is 17.8 Å². The highest BCUT2D eigenvalue weighted by molar-refractivity contribution is 5.90. The van der Waals surface area contributed by atoms with Crippen LogP contribution in [0.4, 0.5) is 4.79 Å². The van der Waals surface area contributed by atoms with E-state index in [0.29, 0.717) is 18.4 Å². The van der Waals surface area contributed by atoms with Crippen molar-refractivity contribution in [3.8, 4) is 0 Å². The van der Waals surface area contributed by atoms with Crippen LogP contribution in [0.15, 0.2) is 48.5 Å². The molecule has 1 amide bonds. The van der Waals surface area contributed by atoms with Gasteiger partial charge in [-0.1, -0.05) is 42.5 Å². The van der Waals surface area contributed by atoms with E-state index in [4.69, 9.17) is 4.74 Å². The maximum absolute atomic E-state index is 12.0. The number of carboxylic acid groups (broad SMARTS) is 1. The highest BCUT2D eigenvalue weighted by Gasteiger charge is 2.27. The molecular weight excluding hydrogens is 294 g/mol. The molecule has 23 heavy (non-hydrogen) atoms. The Balaban J connectivity index is 1.63. The van der Waals surface area contributed by atoms with Gasteiger partial charge in [0.05, 0.1) is 11.6 Å². The smallest absolute Gasteiger partial charge is 0.407 e. The standard InChI is InChI=1S/C18H17NO4/c20-17(21)15-8-4-7-14-13(15)9-10-16(14)19-18(22)23-11-12-5-2-1-3-6-12/h1-8,16H,9-11H2,(H,19,22)(H,20,21)/t16-/m0/s1. The number of ether oxygens (including phenoxy) is 1. The second kappa shape index (κ2) is 6.52. The predicted octanol–water partition coefficient (Wildman–Crippen LogP) is 3.30. The second-order valence-corrected chi connectivity index (χ2v) is 5.48. The van der Waals surface area contributed by atoms with Gasteiger partial charge in [0.2, 0.25) is 0 Å². The van der Waals surface area contributed by atoms with Crippen LogP contribution in [0.5, 0.6) is 0 Å². The number of hydrogen-bond donors (Lipinski definition) is 2. The maximum Gasteiger partial charge on any atom is 0.407 e. The molecule has 1 aliphatic carbocycles. The van der Waals surface area contributed by atoms with Gasteiger partial charge >= 0.3 is 12.1 Å². The first-order chi connectivity index (χ1) is 11.1. The van der Waals surface area contributed by atoms with Gasteiger partial charge < -0.3 is 15.2 Å². The molecule has 118 valence electrons. The number of aromatic carboxylic acids is 1. The van der Waals surface area contributed by atoms with Gasteiger partial charge in [0.15, 0.2) is 0 Å². The van der Waals surface area contributed by atoms with Crippen molar-refractivity contribution >= 4 is 12.1 Å². The first-order valence-corrected chi connectivity index (χ1v) is 7.47. The Morgan fingerprint density at radius 3 is 2.65 bits per heavy atom. The minimum absolute atomic E-state index is 0.201. The molecule has 0 bridgehead atoms. The molecule has 0 aromatic heterocycles. The SMILES string of the molecule is O=C(N[C@H]1CCc2c(C(=O)O)cccc21)OCc1ccccc1. The lowest BCUT2D eigenvalue weighted by Crippen LogP contribution is -2.27. The Bertz CT molecular complexity index is 727. The van der Waals surface area contributed by atoms with Gasteiger partial charge in [0.1, 0.15) is 6.61 Å². The molecule has 0 unspecified atom stereocenters. The summed E-state index contributed by atoms with van der Waals surface area (Å²) in [5, 5.41) is 12.0. The summed E-state index contributed by atoms with van der Waals surface area (Å²) < 4.78 is 5.22. The molecule has 0 fully saturated rings. The van der Waals surface area contributed by atoms with E-state index in [-0.39, 0.29) is 12.6 Å². The third-order valence-corrected chi connectivity index (χ3v) is 4.01. The van der Waals surface area contributed by atoms with Crippen LogP contribution in [0, 0.1) is 0 Å². The number of amides is 1. The van der Waals surface area contributed by atoms with Gasteiger partial charge in [0.25, 0.3) is 0 Å². The van der Waals surface area contributed by atoms with Crippen LogP contribution in [0.25, 0.3) is 0 Å². The molecule has 2 N–H and O–H groups in total. The third-order valence-electron chi connectivity index (χ3n) is 4.01. The van der Waals surface area contributed by atoms with Gasteiger partial charge in [-0.2, -0.15) is 0 Å². The van der Waals surface area contributed by atoms with Gasteiger partial charge in [-0.3, -0.25) is 0 Å². The number of carboxylic acids is 1. The highest BCUT2D eigenvalue weighted by Crippen LogP contribution is 2.33. The van der Waals surface area contributed by atoms with E-state index in [1.807, 2.05) is 36.4 Å². The average molecular weight is 311 g/mol. The lowest BCUT2D eigenvalue weighted by molar-refractivity contribution is 0.0695.